The van der Waals surface area contributed by atoms with Gasteiger partial charge < -0.3 is 9.80 Å². The molecule has 5 rings (SSSR count). The first-order chi connectivity index (χ1) is 19.8. The Balaban J connectivity index is 1.19. The predicted octanol–water partition coefficient (Wildman–Crippen LogP) is 6.45. The molecule has 212 valence electrons. The smallest absolute Gasteiger partial charge is 0.255 e. The molecule has 7 nitrogen and oxygen atoms in total. The molecule has 1 atom stereocenters. The van der Waals surface area contributed by atoms with Crippen molar-refractivity contribution in [1.82, 2.24) is 24.6 Å². The van der Waals surface area contributed by atoms with Gasteiger partial charge in [-0.05, 0) is 57.0 Å². The number of thioether (sulfide) groups is 1. The highest BCUT2D eigenvalue weighted by Crippen LogP contribution is 2.29. The zero-order chi connectivity index (χ0) is 28.9. The number of piperazine rings is 1. The maximum Gasteiger partial charge on any atom is 0.255 e. The molecule has 3 aromatic carbocycles. The standard InChI is InChI=1S/C32H34ClN5O2S/c1-22-13-15-25(16-14-22)30-34-35-32(38(30)26-9-6-8-23(2)20-26)41-19-7-12-29(39)36-17-18-37(24(3)21-36)31(40)27-10-4-5-11-28(27)33/h4-6,8-11,13-16,20,24H,7,12,17-19,21H2,1-3H3. The predicted molar refractivity (Wildman–Crippen MR) is 165 cm³/mol. The maximum atomic E-state index is 13.1. The number of benzene rings is 3. The van der Waals surface area contributed by atoms with Crippen LogP contribution in [0.5, 0.6) is 0 Å². The van der Waals surface area contributed by atoms with Crippen LogP contribution in [0.15, 0.2) is 78.0 Å². The Labute approximate surface area is 250 Å². The molecule has 1 aliphatic rings. The van der Waals surface area contributed by atoms with Gasteiger partial charge in [-0.3, -0.25) is 14.2 Å². The molecule has 0 bridgehead atoms. The van der Waals surface area contributed by atoms with Crippen LogP contribution in [0.25, 0.3) is 17.1 Å². The molecule has 2 amide bonds. The molecule has 1 saturated heterocycles. The third kappa shape index (κ3) is 6.66. The number of hydrogen-bond acceptors (Lipinski definition) is 5. The second-order valence-electron chi connectivity index (χ2n) is 10.5. The van der Waals surface area contributed by atoms with Gasteiger partial charge in [0.15, 0.2) is 11.0 Å². The van der Waals surface area contributed by atoms with Gasteiger partial charge in [-0.15, -0.1) is 10.2 Å². The summed E-state index contributed by atoms with van der Waals surface area (Å²) in [5.74, 6) is 1.56. The lowest BCUT2D eigenvalue weighted by molar-refractivity contribution is -0.133. The lowest BCUT2D eigenvalue weighted by Crippen LogP contribution is -2.55. The molecule has 41 heavy (non-hydrogen) atoms. The molecule has 4 aromatic rings. The minimum absolute atomic E-state index is 0.0843. The summed E-state index contributed by atoms with van der Waals surface area (Å²) in [6, 6.07) is 23.6. The van der Waals surface area contributed by atoms with E-state index < -0.39 is 0 Å². The Morgan fingerprint density at radius 3 is 2.46 bits per heavy atom. The summed E-state index contributed by atoms with van der Waals surface area (Å²) in [7, 11) is 0. The Morgan fingerprint density at radius 2 is 1.73 bits per heavy atom. The summed E-state index contributed by atoms with van der Waals surface area (Å²) in [4.78, 5) is 29.8. The summed E-state index contributed by atoms with van der Waals surface area (Å²) in [5.41, 5.74) is 4.88. The topological polar surface area (TPSA) is 71.3 Å². The van der Waals surface area contributed by atoms with Gasteiger partial charge in [0.1, 0.15) is 0 Å². The molecule has 9 heteroatoms. The van der Waals surface area contributed by atoms with E-state index in [2.05, 4.69) is 71.1 Å². The minimum atomic E-state index is -0.0886. The normalized spacial score (nSPS) is 15.3. The van der Waals surface area contributed by atoms with Crippen LogP contribution in [0.1, 0.15) is 41.3 Å². The Morgan fingerprint density at radius 1 is 0.951 bits per heavy atom. The number of hydrogen-bond donors (Lipinski definition) is 0. The van der Waals surface area contributed by atoms with Crippen LogP contribution in [-0.2, 0) is 4.79 Å². The quantitative estimate of drug-likeness (QED) is 0.175. The summed E-state index contributed by atoms with van der Waals surface area (Å²) < 4.78 is 2.10. The molecule has 2 heterocycles. The highest BCUT2D eigenvalue weighted by atomic mass is 35.5. The van der Waals surface area contributed by atoms with Crippen molar-refractivity contribution in [3.05, 3.63) is 94.5 Å². The molecule has 1 unspecified atom stereocenters. The Kier molecular flexibility index (Phi) is 9.10. The van der Waals surface area contributed by atoms with E-state index in [-0.39, 0.29) is 17.9 Å². The summed E-state index contributed by atoms with van der Waals surface area (Å²) in [5, 5.41) is 10.3. The van der Waals surface area contributed by atoms with Gasteiger partial charge in [-0.25, -0.2) is 0 Å². The van der Waals surface area contributed by atoms with Crippen LogP contribution >= 0.6 is 23.4 Å². The van der Waals surface area contributed by atoms with E-state index in [1.165, 1.54) is 5.56 Å². The third-order valence-electron chi connectivity index (χ3n) is 7.31. The van der Waals surface area contributed by atoms with Crippen molar-refractivity contribution in [3.63, 3.8) is 0 Å². The second-order valence-corrected chi connectivity index (χ2v) is 11.9. The first-order valence-electron chi connectivity index (χ1n) is 13.9. The molecule has 1 fully saturated rings. The lowest BCUT2D eigenvalue weighted by atomic mass is 10.1. The molecule has 1 aliphatic heterocycles. The SMILES string of the molecule is Cc1ccc(-c2nnc(SCCCC(=O)N3CCN(C(=O)c4ccccc4Cl)C(C)C3)n2-c2cccc(C)c2)cc1. The summed E-state index contributed by atoms with van der Waals surface area (Å²) in [6.07, 6.45) is 1.17. The molecule has 0 aliphatic carbocycles. The monoisotopic (exact) mass is 587 g/mol. The first kappa shape index (κ1) is 28.9. The number of amides is 2. The molecule has 0 saturated carbocycles. The van der Waals surface area contributed by atoms with Crippen molar-refractivity contribution in [1.29, 1.82) is 0 Å². The van der Waals surface area contributed by atoms with Crippen LogP contribution in [0.4, 0.5) is 0 Å². The largest absolute Gasteiger partial charge is 0.339 e. The number of nitrogens with zero attached hydrogens (tertiary/aromatic N) is 5. The van der Waals surface area contributed by atoms with Crippen molar-refractivity contribution in [2.24, 2.45) is 0 Å². The first-order valence-corrected chi connectivity index (χ1v) is 15.2. The number of aryl methyl sites for hydroxylation is 2. The van der Waals surface area contributed by atoms with Gasteiger partial charge in [0.25, 0.3) is 5.91 Å². The molecule has 0 N–H and O–H groups in total. The highest BCUT2D eigenvalue weighted by Gasteiger charge is 2.30. The Hall–Kier alpha value is -3.62. The summed E-state index contributed by atoms with van der Waals surface area (Å²) >= 11 is 7.86. The van der Waals surface area contributed by atoms with Crippen molar-refractivity contribution < 1.29 is 9.59 Å². The third-order valence-corrected chi connectivity index (χ3v) is 8.66. The number of carbonyl (C=O) groups is 2. The van der Waals surface area contributed by atoms with E-state index in [1.807, 2.05) is 34.9 Å². The minimum Gasteiger partial charge on any atom is -0.339 e. The number of carbonyl (C=O) groups excluding carboxylic acids is 2. The fourth-order valence-corrected chi connectivity index (χ4v) is 6.18. The van der Waals surface area contributed by atoms with E-state index >= 15 is 0 Å². The van der Waals surface area contributed by atoms with Gasteiger partial charge in [0.05, 0.1) is 10.6 Å². The van der Waals surface area contributed by atoms with Crippen LogP contribution in [0.2, 0.25) is 5.02 Å². The van der Waals surface area contributed by atoms with E-state index in [1.54, 1.807) is 23.9 Å². The van der Waals surface area contributed by atoms with E-state index in [0.717, 1.165) is 40.0 Å². The van der Waals surface area contributed by atoms with Gasteiger partial charge >= 0.3 is 0 Å². The van der Waals surface area contributed by atoms with Crippen molar-refractivity contribution in [2.45, 2.75) is 44.8 Å². The van der Waals surface area contributed by atoms with Crippen molar-refractivity contribution >= 4 is 35.2 Å². The number of rotatable bonds is 8. The van der Waals surface area contributed by atoms with Crippen LogP contribution in [0, 0.1) is 13.8 Å². The van der Waals surface area contributed by atoms with Crippen LogP contribution in [-0.4, -0.2) is 67.8 Å². The molecule has 1 aromatic heterocycles. The lowest BCUT2D eigenvalue weighted by Gasteiger charge is -2.40. The second kappa shape index (κ2) is 12.9. The molecular weight excluding hydrogens is 554 g/mol. The van der Waals surface area contributed by atoms with Gasteiger partial charge in [0.2, 0.25) is 5.91 Å². The van der Waals surface area contributed by atoms with E-state index in [0.29, 0.717) is 36.6 Å². The van der Waals surface area contributed by atoms with Gasteiger partial charge in [-0.2, -0.15) is 0 Å². The van der Waals surface area contributed by atoms with Gasteiger partial charge in [-0.1, -0.05) is 77.5 Å². The Bertz CT molecular complexity index is 1540. The number of aromatic nitrogens is 3. The van der Waals surface area contributed by atoms with Gasteiger partial charge in [0, 0.05) is 49.1 Å². The van der Waals surface area contributed by atoms with E-state index in [9.17, 15) is 9.59 Å². The zero-order valence-electron chi connectivity index (χ0n) is 23.6. The molecular formula is C32H34ClN5O2S. The summed E-state index contributed by atoms with van der Waals surface area (Å²) in [6.45, 7) is 7.66. The fourth-order valence-electron chi connectivity index (χ4n) is 5.07. The van der Waals surface area contributed by atoms with Crippen LogP contribution < -0.4 is 0 Å². The van der Waals surface area contributed by atoms with Crippen LogP contribution in [0.3, 0.4) is 0 Å². The average Bonchev–Trinajstić information content (AvgIpc) is 3.39. The number of halogens is 1. The van der Waals surface area contributed by atoms with Crippen molar-refractivity contribution in [3.8, 4) is 17.1 Å². The molecule has 0 radical (unpaired) electrons. The fraction of sp³-hybridized carbons (Fsp3) is 0.312. The zero-order valence-corrected chi connectivity index (χ0v) is 25.2. The average molecular weight is 588 g/mol. The van der Waals surface area contributed by atoms with Crippen molar-refractivity contribution in [2.75, 3.05) is 25.4 Å². The van der Waals surface area contributed by atoms with E-state index in [4.69, 9.17) is 11.6 Å². The maximum absolute atomic E-state index is 13.1. The molecule has 0 spiro atoms. The highest BCUT2D eigenvalue weighted by molar-refractivity contribution is 7.99.